The number of ether oxygens (including phenoxy) is 1. The number of aromatic carboxylic acids is 1. The van der Waals surface area contributed by atoms with E-state index in [-0.39, 0.29) is 16.0 Å². The Morgan fingerprint density at radius 2 is 1.70 bits per heavy atom. The van der Waals surface area contributed by atoms with E-state index >= 15 is 0 Å². The van der Waals surface area contributed by atoms with Crippen molar-refractivity contribution in [2.24, 2.45) is 0 Å². The van der Waals surface area contributed by atoms with Crippen LogP contribution < -0.4 is 10.2 Å². The van der Waals surface area contributed by atoms with E-state index in [0.717, 1.165) is 4.31 Å². The number of benzene rings is 2. The van der Waals surface area contributed by atoms with Gasteiger partial charge in [0, 0.05) is 38.6 Å². The van der Waals surface area contributed by atoms with Crippen LogP contribution >= 0.6 is 0 Å². The molecule has 0 bridgehead atoms. The predicted octanol–water partition coefficient (Wildman–Crippen LogP) is 1.72. The van der Waals surface area contributed by atoms with Crippen molar-refractivity contribution in [1.82, 2.24) is 4.31 Å². The lowest BCUT2D eigenvalue weighted by Gasteiger charge is -2.30. The number of carbonyl (C=O) groups excluding carboxylic acids is 1. The molecule has 160 valence electrons. The summed E-state index contributed by atoms with van der Waals surface area (Å²) >= 11 is 0. The van der Waals surface area contributed by atoms with E-state index in [1.807, 2.05) is 4.90 Å². The Bertz CT molecular complexity index is 1040. The fourth-order valence-corrected chi connectivity index (χ4v) is 3.97. The average molecular weight is 433 g/mol. The van der Waals surface area contributed by atoms with Gasteiger partial charge in [0.25, 0.3) is 5.91 Å². The van der Waals surface area contributed by atoms with Gasteiger partial charge in [-0.3, -0.25) is 4.79 Å². The van der Waals surface area contributed by atoms with Crippen LogP contribution in [-0.4, -0.2) is 70.1 Å². The Morgan fingerprint density at radius 3 is 2.27 bits per heavy atom. The third-order valence-electron chi connectivity index (χ3n) is 4.73. The first kappa shape index (κ1) is 21.8. The second-order valence-corrected chi connectivity index (χ2v) is 9.05. The molecule has 0 spiro atoms. The summed E-state index contributed by atoms with van der Waals surface area (Å²) in [6.07, 6.45) is 0. The first-order chi connectivity index (χ1) is 14.2. The number of sulfonamides is 1. The molecule has 1 heterocycles. The Kier molecular flexibility index (Phi) is 6.40. The van der Waals surface area contributed by atoms with Gasteiger partial charge in [-0.05, 0) is 42.5 Å². The van der Waals surface area contributed by atoms with Crippen molar-refractivity contribution in [1.29, 1.82) is 0 Å². The summed E-state index contributed by atoms with van der Waals surface area (Å²) < 4.78 is 31.6. The van der Waals surface area contributed by atoms with Gasteiger partial charge in [-0.1, -0.05) is 0 Å². The van der Waals surface area contributed by atoms with Crippen molar-refractivity contribution >= 4 is 33.3 Å². The van der Waals surface area contributed by atoms with E-state index < -0.39 is 21.9 Å². The van der Waals surface area contributed by atoms with Crippen molar-refractivity contribution in [2.45, 2.75) is 4.90 Å². The molecule has 1 amide bonds. The number of hydrogen-bond donors (Lipinski definition) is 2. The molecule has 0 unspecified atom stereocenters. The van der Waals surface area contributed by atoms with E-state index in [2.05, 4.69) is 5.32 Å². The van der Waals surface area contributed by atoms with E-state index in [4.69, 9.17) is 9.84 Å². The van der Waals surface area contributed by atoms with Crippen molar-refractivity contribution in [3.05, 3.63) is 53.6 Å². The largest absolute Gasteiger partial charge is 0.478 e. The standard InChI is InChI=1S/C20H23N3O6S/c1-22(2)30(27,28)16-7-8-18(23-9-11-29-12-10-23)17(13-16)19(24)21-15-5-3-14(4-6-15)20(25)26/h3-8,13H,9-12H2,1-2H3,(H,21,24)(H,25,26). The summed E-state index contributed by atoms with van der Waals surface area (Å²) in [4.78, 5) is 26.0. The summed E-state index contributed by atoms with van der Waals surface area (Å²) in [5.41, 5.74) is 1.32. The van der Waals surface area contributed by atoms with Gasteiger partial charge >= 0.3 is 5.97 Å². The second-order valence-electron chi connectivity index (χ2n) is 6.90. The highest BCUT2D eigenvalue weighted by molar-refractivity contribution is 7.89. The molecule has 1 saturated heterocycles. The summed E-state index contributed by atoms with van der Waals surface area (Å²) in [7, 11) is -0.872. The van der Waals surface area contributed by atoms with Crippen LogP contribution in [0.3, 0.4) is 0 Å². The van der Waals surface area contributed by atoms with E-state index in [1.54, 1.807) is 6.07 Å². The highest BCUT2D eigenvalue weighted by atomic mass is 32.2. The van der Waals surface area contributed by atoms with Crippen LogP contribution in [0.5, 0.6) is 0 Å². The van der Waals surface area contributed by atoms with Gasteiger partial charge in [0.15, 0.2) is 0 Å². The molecular weight excluding hydrogens is 410 g/mol. The zero-order valence-corrected chi connectivity index (χ0v) is 17.5. The molecule has 0 saturated carbocycles. The highest BCUT2D eigenvalue weighted by Crippen LogP contribution is 2.27. The Balaban J connectivity index is 1.97. The quantitative estimate of drug-likeness (QED) is 0.713. The number of morpholine rings is 1. The SMILES string of the molecule is CN(C)S(=O)(=O)c1ccc(N2CCOCC2)c(C(=O)Nc2ccc(C(=O)O)cc2)c1. The number of anilines is 2. The van der Waals surface area contributed by atoms with Gasteiger partial charge in [0.05, 0.1) is 29.2 Å². The molecule has 1 aliphatic heterocycles. The number of nitrogens with one attached hydrogen (secondary N) is 1. The fraction of sp³-hybridized carbons (Fsp3) is 0.300. The third-order valence-corrected chi connectivity index (χ3v) is 6.54. The molecule has 0 radical (unpaired) electrons. The summed E-state index contributed by atoms with van der Waals surface area (Å²) in [6.45, 7) is 2.17. The minimum Gasteiger partial charge on any atom is -0.478 e. The van der Waals surface area contributed by atoms with Crippen molar-refractivity contribution in [2.75, 3.05) is 50.6 Å². The maximum atomic E-state index is 13.1. The smallest absolute Gasteiger partial charge is 0.335 e. The van der Waals surface area contributed by atoms with Gasteiger partial charge in [-0.15, -0.1) is 0 Å². The lowest BCUT2D eigenvalue weighted by atomic mass is 10.1. The van der Waals surface area contributed by atoms with Gasteiger partial charge in [0.1, 0.15) is 0 Å². The Labute approximate surface area is 174 Å². The Hall–Kier alpha value is -2.95. The van der Waals surface area contributed by atoms with Gasteiger partial charge in [-0.2, -0.15) is 0 Å². The number of hydrogen-bond acceptors (Lipinski definition) is 6. The molecule has 0 aliphatic carbocycles. The molecule has 0 atom stereocenters. The Morgan fingerprint density at radius 1 is 1.07 bits per heavy atom. The van der Waals surface area contributed by atoms with Gasteiger partial charge < -0.3 is 20.1 Å². The normalized spacial score (nSPS) is 14.6. The first-order valence-electron chi connectivity index (χ1n) is 9.24. The zero-order valence-electron chi connectivity index (χ0n) is 16.7. The number of nitrogens with zero attached hydrogens (tertiary/aromatic N) is 2. The summed E-state index contributed by atoms with van der Waals surface area (Å²) in [6, 6.07) is 10.2. The lowest BCUT2D eigenvalue weighted by Crippen LogP contribution is -2.37. The topological polar surface area (TPSA) is 116 Å². The minimum atomic E-state index is -3.72. The number of carboxylic acids is 1. The number of carbonyl (C=O) groups is 2. The van der Waals surface area contributed by atoms with E-state index in [1.165, 1.54) is 50.5 Å². The molecule has 2 N–H and O–H groups in total. The average Bonchev–Trinajstić information content (AvgIpc) is 2.74. The predicted molar refractivity (Wildman–Crippen MR) is 112 cm³/mol. The maximum Gasteiger partial charge on any atom is 0.335 e. The molecule has 30 heavy (non-hydrogen) atoms. The summed E-state index contributed by atoms with van der Waals surface area (Å²) in [5.74, 6) is -1.56. The molecule has 3 rings (SSSR count). The molecule has 2 aromatic rings. The van der Waals surface area contributed by atoms with Crippen LogP contribution in [-0.2, 0) is 14.8 Å². The van der Waals surface area contributed by atoms with Crippen LogP contribution in [0, 0.1) is 0 Å². The molecule has 0 aromatic heterocycles. The number of rotatable bonds is 6. The molecular formula is C20H23N3O6S. The van der Waals surface area contributed by atoms with Gasteiger partial charge in [0.2, 0.25) is 10.0 Å². The first-order valence-corrected chi connectivity index (χ1v) is 10.7. The van der Waals surface area contributed by atoms with Crippen LogP contribution in [0.1, 0.15) is 20.7 Å². The van der Waals surface area contributed by atoms with Crippen LogP contribution in [0.15, 0.2) is 47.4 Å². The van der Waals surface area contributed by atoms with Crippen LogP contribution in [0.25, 0.3) is 0 Å². The van der Waals surface area contributed by atoms with E-state index in [0.29, 0.717) is 37.7 Å². The molecule has 10 heteroatoms. The van der Waals surface area contributed by atoms with Crippen LogP contribution in [0.2, 0.25) is 0 Å². The summed E-state index contributed by atoms with van der Waals surface area (Å²) in [5, 5.41) is 11.7. The number of amides is 1. The maximum absolute atomic E-state index is 13.1. The van der Waals surface area contributed by atoms with Crippen molar-refractivity contribution in [3.63, 3.8) is 0 Å². The second kappa shape index (κ2) is 8.82. The van der Waals surface area contributed by atoms with Crippen molar-refractivity contribution < 1.29 is 27.9 Å². The molecule has 1 aliphatic rings. The van der Waals surface area contributed by atoms with Crippen molar-refractivity contribution in [3.8, 4) is 0 Å². The molecule has 9 nitrogen and oxygen atoms in total. The molecule has 2 aromatic carbocycles. The van der Waals surface area contributed by atoms with Gasteiger partial charge in [-0.25, -0.2) is 17.5 Å². The molecule has 1 fully saturated rings. The highest BCUT2D eigenvalue weighted by Gasteiger charge is 2.24. The van der Waals surface area contributed by atoms with E-state index in [9.17, 15) is 18.0 Å². The third kappa shape index (κ3) is 4.61. The minimum absolute atomic E-state index is 0.0101. The number of carboxylic acid groups (broad SMARTS) is 1. The lowest BCUT2D eigenvalue weighted by molar-refractivity contribution is 0.0696. The van der Waals surface area contributed by atoms with Crippen LogP contribution in [0.4, 0.5) is 11.4 Å². The fourth-order valence-electron chi connectivity index (χ4n) is 3.04. The zero-order chi connectivity index (χ0) is 21.9. The monoisotopic (exact) mass is 433 g/mol.